The number of aldehydes is 1. The van der Waals surface area contributed by atoms with Crippen LogP contribution in [0.4, 0.5) is 0 Å². The number of ether oxygens (including phenoxy) is 2. The highest BCUT2D eigenvalue weighted by Crippen LogP contribution is 2.22. The fourth-order valence-corrected chi connectivity index (χ4v) is 1.63. The standard InChI is InChI=1S/C15H20O3/c1-3-4-5-6-7-10-18-15-9-8-14(17-2)11-13(15)12-16/h3,8-9,11-12H,1,4-7,10H2,2H3. The van der Waals surface area contributed by atoms with Gasteiger partial charge in [0.15, 0.2) is 6.29 Å². The molecule has 0 saturated carbocycles. The van der Waals surface area contributed by atoms with E-state index in [1.54, 1.807) is 25.3 Å². The van der Waals surface area contributed by atoms with Crippen LogP contribution in [0.1, 0.15) is 36.0 Å². The van der Waals surface area contributed by atoms with E-state index < -0.39 is 0 Å². The molecule has 0 bridgehead atoms. The fraction of sp³-hybridized carbons (Fsp3) is 0.400. The molecule has 3 heteroatoms. The Bertz CT molecular complexity index is 385. The Morgan fingerprint density at radius 2 is 2.11 bits per heavy atom. The van der Waals surface area contributed by atoms with E-state index >= 15 is 0 Å². The number of unbranched alkanes of at least 4 members (excludes halogenated alkanes) is 3. The number of methoxy groups -OCH3 is 1. The zero-order valence-electron chi connectivity index (χ0n) is 10.9. The van der Waals surface area contributed by atoms with Crippen molar-refractivity contribution < 1.29 is 14.3 Å². The van der Waals surface area contributed by atoms with Gasteiger partial charge in [-0.2, -0.15) is 0 Å². The van der Waals surface area contributed by atoms with Gasteiger partial charge in [0, 0.05) is 0 Å². The van der Waals surface area contributed by atoms with Crippen LogP contribution in [0.5, 0.6) is 11.5 Å². The van der Waals surface area contributed by atoms with E-state index in [2.05, 4.69) is 6.58 Å². The lowest BCUT2D eigenvalue weighted by Gasteiger charge is -2.09. The molecule has 18 heavy (non-hydrogen) atoms. The van der Waals surface area contributed by atoms with Crippen LogP contribution < -0.4 is 9.47 Å². The highest BCUT2D eigenvalue weighted by Gasteiger charge is 2.04. The molecule has 0 radical (unpaired) electrons. The van der Waals surface area contributed by atoms with Crippen LogP contribution in [0.2, 0.25) is 0 Å². The number of rotatable bonds is 9. The maximum Gasteiger partial charge on any atom is 0.153 e. The van der Waals surface area contributed by atoms with Crippen molar-refractivity contribution in [2.24, 2.45) is 0 Å². The topological polar surface area (TPSA) is 35.5 Å². The highest BCUT2D eigenvalue weighted by molar-refractivity contribution is 5.80. The average molecular weight is 248 g/mol. The van der Waals surface area contributed by atoms with Gasteiger partial charge in [-0.3, -0.25) is 4.79 Å². The molecular formula is C15H20O3. The first-order chi connectivity index (χ1) is 8.81. The predicted molar refractivity (Wildman–Crippen MR) is 72.5 cm³/mol. The molecule has 0 spiro atoms. The summed E-state index contributed by atoms with van der Waals surface area (Å²) in [6.07, 6.45) is 6.99. The van der Waals surface area contributed by atoms with Crippen LogP contribution in [-0.2, 0) is 0 Å². The normalized spacial score (nSPS) is 9.83. The first-order valence-corrected chi connectivity index (χ1v) is 6.18. The summed E-state index contributed by atoms with van der Waals surface area (Å²) in [5, 5.41) is 0. The van der Waals surface area contributed by atoms with E-state index in [1.807, 2.05) is 6.08 Å². The molecule has 0 fully saturated rings. The van der Waals surface area contributed by atoms with Crippen molar-refractivity contribution in [3.63, 3.8) is 0 Å². The van der Waals surface area contributed by atoms with Crippen molar-refractivity contribution in [1.82, 2.24) is 0 Å². The lowest BCUT2D eigenvalue weighted by molar-refractivity contribution is 0.111. The summed E-state index contributed by atoms with van der Waals surface area (Å²) in [5.74, 6) is 1.28. The van der Waals surface area contributed by atoms with E-state index in [9.17, 15) is 4.79 Å². The molecule has 0 saturated heterocycles. The Labute approximate surface area is 108 Å². The molecular weight excluding hydrogens is 228 g/mol. The lowest BCUT2D eigenvalue weighted by atomic mass is 10.2. The predicted octanol–water partition coefficient (Wildman–Crippen LogP) is 3.63. The maximum absolute atomic E-state index is 10.9. The number of carbonyl (C=O) groups is 1. The third-order valence-electron chi connectivity index (χ3n) is 2.65. The third kappa shape index (κ3) is 4.62. The van der Waals surface area contributed by atoms with Crippen molar-refractivity contribution in [1.29, 1.82) is 0 Å². The van der Waals surface area contributed by atoms with Crippen LogP contribution in [0.3, 0.4) is 0 Å². The summed E-state index contributed by atoms with van der Waals surface area (Å²) in [4.78, 5) is 10.9. The SMILES string of the molecule is C=CCCCCCOc1ccc(OC)cc1C=O. The number of hydrogen-bond acceptors (Lipinski definition) is 3. The van der Waals surface area contributed by atoms with Gasteiger partial charge < -0.3 is 9.47 Å². The van der Waals surface area contributed by atoms with Gasteiger partial charge in [0.2, 0.25) is 0 Å². The Balaban J connectivity index is 2.41. The zero-order chi connectivity index (χ0) is 13.2. The Morgan fingerprint density at radius 3 is 2.78 bits per heavy atom. The van der Waals surface area contributed by atoms with Crippen LogP contribution in [0.25, 0.3) is 0 Å². The minimum atomic E-state index is 0.528. The molecule has 0 aliphatic heterocycles. The molecule has 0 amide bonds. The number of hydrogen-bond donors (Lipinski definition) is 0. The molecule has 0 atom stereocenters. The van der Waals surface area contributed by atoms with Gasteiger partial charge in [-0.25, -0.2) is 0 Å². The van der Waals surface area contributed by atoms with Crippen molar-refractivity contribution in [3.05, 3.63) is 36.4 Å². The van der Waals surface area contributed by atoms with Gasteiger partial charge in [-0.1, -0.05) is 6.08 Å². The number of allylic oxidation sites excluding steroid dienone is 1. The summed E-state index contributed by atoms with van der Waals surface area (Å²) in [6, 6.07) is 5.24. The Morgan fingerprint density at radius 1 is 1.28 bits per heavy atom. The van der Waals surface area contributed by atoms with Crippen molar-refractivity contribution >= 4 is 6.29 Å². The molecule has 3 nitrogen and oxygen atoms in total. The molecule has 1 rings (SSSR count). The van der Waals surface area contributed by atoms with E-state index in [-0.39, 0.29) is 0 Å². The van der Waals surface area contributed by atoms with Crippen LogP contribution in [0.15, 0.2) is 30.9 Å². The fourth-order valence-electron chi connectivity index (χ4n) is 1.63. The Kier molecular flexibility index (Phi) is 6.62. The third-order valence-corrected chi connectivity index (χ3v) is 2.65. The molecule has 0 aromatic heterocycles. The molecule has 0 N–H and O–H groups in total. The largest absolute Gasteiger partial charge is 0.497 e. The second kappa shape index (κ2) is 8.34. The van der Waals surface area contributed by atoms with Crippen LogP contribution >= 0.6 is 0 Å². The molecule has 0 heterocycles. The summed E-state index contributed by atoms with van der Waals surface area (Å²) in [6.45, 7) is 4.31. The molecule has 1 aromatic rings. The monoisotopic (exact) mass is 248 g/mol. The molecule has 1 aromatic carbocycles. The van der Waals surface area contributed by atoms with Gasteiger partial charge in [-0.05, 0) is 43.9 Å². The van der Waals surface area contributed by atoms with Crippen LogP contribution in [-0.4, -0.2) is 20.0 Å². The number of benzene rings is 1. The Hall–Kier alpha value is -1.77. The van der Waals surface area contributed by atoms with Gasteiger partial charge >= 0.3 is 0 Å². The smallest absolute Gasteiger partial charge is 0.153 e. The minimum absolute atomic E-state index is 0.528. The molecule has 0 unspecified atom stereocenters. The van der Waals surface area contributed by atoms with Gasteiger partial charge in [0.1, 0.15) is 11.5 Å². The van der Waals surface area contributed by atoms with Crippen molar-refractivity contribution in [3.8, 4) is 11.5 Å². The summed E-state index contributed by atoms with van der Waals surface area (Å²) < 4.78 is 10.7. The zero-order valence-corrected chi connectivity index (χ0v) is 10.9. The minimum Gasteiger partial charge on any atom is -0.497 e. The second-order valence-electron chi connectivity index (χ2n) is 4.01. The van der Waals surface area contributed by atoms with Crippen molar-refractivity contribution in [2.75, 3.05) is 13.7 Å². The van der Waals surface area contributed by atoms with Gasteiger partial charge in [0.25, 0.3) is 0 Å². The average Bonchev–Trinajstić information content (AvgIpc) is 2.42. The lowest BCUT2D eigenvalue weighted by Crippen LogP contribution is -2.00. The van der Waals surface area contributed by atoms with E-state index in [1.165, 1.54) is 0 Å². The summed E-state index contributed by atoms with van der Waals surface area (Å²) >= 11 is 0. The maximum atomic E-state index is 10.9. The second-order valence-corrected chi connectivity index (χ2v) is 4.01. The molecule has 98 valence electrons. The van der Waals surface area contributed by atoms with Gasteiger partial charge in [0.05, 0.1) is 19.3 Å². The van der Waals surface area contributed by atoms with Crippen LogP contribution in [0, 0.1) is 0 Å². The molecule has 0 aliphatic rings. The quantitative estimate of drug-likeness (QED) is 0.380. The highest BCUT2D eigenvalue weighted by atomic mass is 16.5. The van der Waals surface area contributed by atoms with Crippen molar-refractivity contribution in [2.45, 2.75) is 25.7 Å². The van der Waals surface area contributed by atoms with E-state index in [0.29, 0.717) is 23.7 Å². The summed E-state index contributed by atoms with van der Waals surface area (Å²) in [7, 11) is 1.57. The van der Waals surface area contributed by atoms with E-state index in [0.717, 1.165) is 32.0 Å². The van der Waals surface area contributed by atoms with Gasteiger partial charge in [-0.15, -0.1) is 6.58 Å². The first kappa shape index (κ1) is 14.3. The number of carbonyl (C=O) groups excluding carboxylic acids is 1. The first-order valence-electron chi connectivity index (χ1n) is 6.18. The van der Waals surface area contributed by atoms with E-state index in [4.69, 9.17) is 9.47 Å². The summed E-state index contributed by atoms with van der Waals surface area (Å²) in [5.41, 5.74) is 0.528. The molecule has 0 aliphatic carbocycles.